The molecule has 2 aromatic carbocycles. The van der Waals surface area contributed by atoms with E-state index in [0.717, 1.165) is 22.4 Å². The second-order valence-electron chi connectivity index (χ2n) is 6.93. The summed E-state index contributed by atoms with van der Waals surface area (Å²) in [5.41, 5.74) is 4.55. The van der Waals surface area contributed by atoms with Gasteiger partial charge in [0.15, 0.2) is 0 Å². The Morgan fingerprint density at radius 3 is 1.92 bits per heavy atom. The number of nitrogens with one attached hydrogen (secondary N) is 2. The first-order valence-electron chi connectivity index (χ1n) is 8.53. The Morgan fingerprint density at radius 1 is 0.840 bits per heavy atom. The summed E-state index contributed by atoms with van der Waals surface area (Å²) in [7, 11) is 0. The van der Waals surface area contributed by atoms with Gasteiger partial charge in [-0.05, 0) is 62.1 Å². The number of carbonyl (C=O) groups is 2. The van der Waals surface area contributed by atoms with Crippen molar-refractivity contribution in [1.82, 2.24) is 5.32 Å². The van der Waals surface area contributed by atoms with Crippen LogP contribution in [0.2, 0.25) is 0 Å². The maximum atomic E-state index is 12.7. The minimum atomic E-state index is -0.602. The molecule has 0 aliphatic heterocycles. The lowest BCUT2D eigenvalue weighted by molar-refractivity contribution is -0.118. The lowest BCUT2D eigenvalue weighted by Gasteiger charge is -2.22. The van der Waals surface area contributed by atoms with Crippen LogP contribution in [0, 0.1) is 26.7 Å². The first-order valence-corrected chi connectivity index (χ1v) is 8.53. The van der Waals surface area contributed by atoms with E-state index in [9.17, 15) is 9.59 Å². The molecule has 2 N–H and O–H groups in total. The van der Waals surface area contributed by atoms with Crippen LogP contribution >= 0.6 is 0 Å². The molecule has 0 unspecified atom stereocenters. The maximum absolute atomic E-state index is 12.7. The molecule has 0 saturated heterocycles. The Balaban J connectivity index is 2.12. The summed E-state index contributed by atoms with van der Waals surface area (Å²) < 4.78 is 0. The molecule has 2 rings (SSSR count). The standard InChI is InChI=1S/C21H26N2O2/c1-13(2)19(23-20(24)17-8-6-14(3)7-9-17)21(25)22-18-11-15(4)10-16(5)12-18/h6-13,19H,1-5H3,(H,22,25)(H,23,24)/t19-/m0/s1. The fourth-order valence-electron chi connectivity index (χ4n) is 2.73. The molecule has 0 heterocycles. The highest BCUT2D eigenvalue weighted by molar-refractivity contribution is 6.01. The largest absolute Gasteiger partial charge is 0.340 e. The molecule has 1 atom stereocenters. The highest BCUT2D eigenvalue weighted by atomic mass is 16.2. The zero-order chi connectivity index (χ0) is 18.6. The minimum Gasteiger partial charge on any atom is -0.340 e. The van der Waals surface area contributed by atoms with Crippen molar-refractivity contribution in [2.75, 3.05) is 5.32 Å². The van der Waals surface area contributed by atoms with Gasteiger partial charge in [0.25, 0.3) is 5.91 Å². The van der Waals surface area contributed by atoms with Crippen molar-refractivity contribution in [2.24, 2.45) is 5.92 Å². The van der Waals surface area contributed by atoms with E-state index in [1.54, 1.807) is 12.1 Å². The minimum absolute atomic E-state index is 0.0275. The molecule has 0 aliphatic carbocycles. The molecular formula is C21H26N2O2. The van der Waals surface area contributed by atoms with E-state index in [4.69, 9.17) is 0 Å². The topological polar surface area (TPSA) is 58.2 Å². The number of anilines is 1. The van der Waals surface area contributed by atoms with Gasteiger partial charge in [0.05, 0.1) is 0 Å². The first-order chi connectivity index (χ1) is 11.8. The Bertz CT molecular complexity index is 744. The van der Waals surface area contributed by atoms with Crippen molar-refractivity contribution in [3.63, 3.8) is 0 Å². The third-order valence-electron chi connectivity index (χ3n) is 4.04. The average molecular weight is 338 g/mol. The van der Waals surface area contributed by atoms with Crippen LogP contribution in [0.5, 0.6) is 0 Å². The number of benzene rings is 2. The van der Waals surface area contributed by atoms with Crippen LogP contribution in [0.25, 0.3) is 0 Å². The quantitative estimate of drug-likeness (QED) is 0.865. The fraction of sp³-hybridized carbons (Fsp3) is 0.333. The fourth-order valence-corrected chi connectivity index (χ4v) is 2.73. The molecule has 2 aromatic rings. The second kappa shape index (κ2) is 7.97. The van der Waals surface area contributed by atoms with E-state index in [0.29, 0.717) is 5.56 Å². The van der Waals surface area contributed by atoms with Gasteiger partial charge in [-0.1, -0.05) is 37.6 Å². The third kappa shape index (κ3) is 5.18. The lowest BCUT2D eigenvalue weighted by Crippen LogP contribution is -2.47. The summed E-state index contributed by atoms with van der Waals surface area (Å²) in [5.74, 6) is -0.477. The number of hydrogen-bond donors (Lipinski definition) is 2. The molecule has 4 heteroatoms. The summed E-state index contributed by atoms with van der Waals surface area (Å²) in [6.07, 6.45) is 0. The van der Waals surface area contributed by atoms with E-state index >= 15 is 0 Å². The number of carbonyl (C=O) groups excluding carboxylic acids is 2. The van der Waals surface area contributed by atoms with Crippen molar-refractivity contribution < 1.29 is 9.59 Å². The Hall–Kier alpha value is -2.62. The molecule has 0 fully saturated rings. The molecular weight excluding hydrogens is 312 g/mol. The Labute approximate surface area is 149 Å². The molecule has 0 saturated carbocycles. The smallest absolute Gasteiger partial charge is 0.251 e. The van der Waals surface area contributed by atoms with Crippen LogP contribution in [0.3, 0.4) is 0 Å². The lowest BCUT2D eigenvalue weighted by atomic mass is 10.0. The normalized spacial score (nSPS) is 11.9. The van der Waals surface area contributed by atoms with Crippen LogP contribution in [0.1, 0.15) is 40.9 Å². The molecule has 4 nitrogen and oxygen atoms in total. The molecule has 132 valence electrons. The summed E-state index contributed by atoms with van der Waals surface area (Å²) in [6, 6.07) is 12.6. The van der Waals surface area contributed by atoms with Gasteiger partial charge in [-0.3, -0.25) is 9.59 Å². The molecule has 0 radical (unpaired) electrons. The number of rotatable bonds is 5. The van der Waals surface area contributed by atoms with E-state index in [1.165, 1.54) is 0 Å². The third-order valence-corrected chi connectivity index (χ3v) is 4.04. The predicted octanol–water partition coefficient (Wildman–Crippen LogP) is 4.00. The first kappa shape index (κ1) is 18.7. The highest BCUT2D eigenvalue weighted by Crippen LogP contribution is 2.15. The van der Waals surface area contributed by atoms with E-state index < -0.39 is 6.04 Å². The second-order valence-corrected chi connectivity index (χ2v) is 6.93. The van der Waals surface area contributed by atoms with Gasteiger partial charge < -0.3 is 10.6 Å². The summed E-state index contributed by atoms with van der Waals surface area (Å²) in [4.78, 5) is 25.1. The number of amides is 2. The molecule has 0 bridgehead atoms. The average Bonchev–Trinajstić information content (AvgIpc) is 2.51. The molecule has 25 heavy (non-hydrogen) atoms. The van der Waals surface area contributed by atoms with Gasteiger partial charge in [-0.25, -0.2) is 0 Å². The van der Waals surface area contributed by atoms with Crippen molar-refractivity contribution in [1.29, 1.82) is 0 Å². The predicted molar refractivity (Wildman–Crippen MR) is 102 cm³/mol. The van der Waals surface area contributed by atoms with Crippen LogP contribution in [-0.2, 0) is 4.79 Å². The monoisotopic (exact) mass is 338 g/mol. The highest BCUT2D eigenvalue weighted by Gasteiger charge is 2.24. The summed E-state index contributed by atoms with van der Waals surface area (Å²) in [6.45, 7) is 9.78. The van der Waals surface area contributed by atoms with E-state index in [2.05, 4.69) is 16.7 Å². The zero-order valence-corrected chi connectivity index (χ0v) is 15.5. The number of hydrogen-bond acceptors (Lipinski definition) is 2. The van der Waals surface area contributed by atoms with Crippen LogP contribution < -0.4 is 10.6 Å². The van der Waals surface area contributed by atoms with Gasteiger partial charge in [-0.2, -0.15) is 0 Å². The Morgan fingerprint density at radius 2 is 1.40 bits per heavy atom. The van der Waals surface area contributed by atoms with Gasteiger partial charge >= 0.3 is 0 Å². The molecule has 2 amide bonds. The number of aryl methyl sites for hydroxylation is 3. The van der Waals surface area contributed by atoms with Crippen molar-refractivity contribution in [3.05, 3.63) is 64.7 Å². The van der Waals surface area contributed by atoms with Gasteiger partial charge in [-0.15, -0.1) is 0 Å². The molecule has 0 aromatic heterocycles. The van der Waals surface area contributed by atoms with E-state index in [1.807, 2.05) is 58.9 Å². The van der Waals surface area contributed by atoms with Crippen molar-refractivity contribution in [2.45, 2.75) is 40.7 Å². The molecule has 0 aliphatic rings. The zero-order valence-electron chi connectivity index (χ0n) is 15.5. The Kier molecular flexibility index (Phi) is 5.97. The van der Waals surface area contributed by atoms with E-state index in [-0.39, 0.29) is 17.7 Å². The van der Waals surface area contributed by atoms with Gasteiger partial charge in [0, 0.05) is 11.3 Å². The SMILES string of the molecule is Cc1ccc(C(=O)N[C@H](C(=O)Nc2cc(C)cc(C)c2)C(C)C)cc1. The summed E-state index contributed by atoms with van der Waals surface area (Å²) >= 11 is 0. The maximum Gasteiger partial charge on any atom is 0.251 e. The van der Waals surface area contributed by atoms with Gasteiger partial charge in [0.1, 0.15) is 6.04 Å². The van der Waals surface area contributed by atoms with Crippen molar-refractivity contribution >= 4 is 17.5 Å². The van der Waals surface area contributed by atoms with Crippen LogP contribution in [-0.4, -0.2) is 17.9 Å². The van der Waals surface area contributed by atoms with Crippen LogP contribution in [0.4, 0.5) is 5.69 Å². The summed E-state index contributed by atoms with van der Waals surface area (Å²) in [5, 5.41) is 5.77. The van der Waals surface area contributed by atoms with Gasteiger partial charge in [0.2, 0.25) is 5.91 Å². The van der Waals surface area contributed by atoms with Crippen molar-refractivity contribution in [3.8, 4) is 0 Å². The molecule has 0 spiro atoms. The van der Waals surface area contributed by atoms with Crippen LogP contribution in [0.15, 0.2) is 42.5 Å².